The number of anilines is 3. The minimum Gasteiger partial charge on any atom is -0.376 e. The molecule has 0 saturated heterocycles. The lowest BCUT2D eigenvalue weighted by Crippen LogP contribution is -2.40. The van der Waals surface area contributed by atoms with Crippen LogP contribution in [-0.2, 0) is 4.79 Å². The normalized spacial score (nSPS) is 10.9. The van der Waals surface area contributed by atoms with Crippen LogP contribution in [0.25, 0.3) is 0 Å². The van der Waals surface area contributed by atoms with E-state index in [1.54, 1.807) is 53.4 Å². The molecule has 3 rings (SSSR count). The molecule has 0 aliphatic carbocycles. The van der Waals surface area contributed by atoms with Crippen LogP contribution >= 0.6 is 0 Å². The quantitative estimate of drug-likeness (QED) is 0.433. The van der Waals surface area contributed by atoms with Gasteiger partial charge in [0.25, 0.3) is 11.8 Å². The minimum atomic E-state index is -0.315. The molecule has 3 N–H and O–H groups in total. The highest BCUT2D eigenvalue weighted by Gasteiger charge is 2.17. The van der Waals surface area contributed by atoms with Gasteiger partial charge in [-0.1, -0.05) is 24.3 Å². The number of para-hydroxylation sites is 1. The first-order valence-corrected chi connectivity index (χ1v) is 11.6. The smallest absolute Gasteiger partial charge is 0.258 e. The van der Waals surface area contributed by atoms with Gasteiger partial charge < -0.3 is 20.9 Å². The van der Waals surface area contributed by atoms with Crippen molar-refractivity contribution in [2.75, 3.05) is 28.6 Å². The second-order valence-electron chi connectivity index (χ2n) is 9.15. The number of carbonyl (C=O) groups is 3. The Hall–Kier alpha value is -4.13. The Labute approximate surface area is 206 Å². The van der Waals surface area contributed by atoms with Crippen molar-refractivity contribution >= 4 is 34.8 Å². The largest absolute Gasteiger partial charge is 0.376 e. The lowest BCUT2D eigenvalue weighted by atomic mass is 10.1. The SMILES string of the molecule is CCN(C(=O)c1cccc(NC(=O)CNc2ccc(C(=O)NC(C)(C)C)cc2)c1)c1ccccc1. The van der Waals surface area contributed by atoms with Crippen LogP contribution in [0.1, 0.15) is 48.4 Å². The summed E-state index contributed by atoms with van der Waals surface area (Å²) in [5.74, 6) is -0.534. The summed E-state index contributed by atoms with van der Waals surface area (Å²) < 4.78 is 0. The van der Waals surface area contributed by atoms with Crippen LogP contribution in [-0.4, -0.2) is 36.3 Å². The average Bonchev–Trinajstić information content (AvgIpc) is 2.83. The molecule has 0 aliphatic heterocycles. The zero-order valence-corrected chi connectivity index (χ0v) is 20.6. The molecular weight excluding hydrogens is 440 g/mol. The molecule has 0 spiro atoms. The number of hydrogen-bond acceptors (Lipinski definition) is 4. The molecule has 0 radical (unpaired) electrons. The van der Waals surface area contributed by atoms with Crippen LogP contribution in [0.4, 0.5) is 17.1 Å². The summed E-state index contributed by atoms with van der Waals surface area (Å²) >= 11 is 0. The van der Waals surface area contributed by atoms with Crippen LogP contribution in [0, 0.1) is 0 Å². The van der Waals surface area contributed by atoms with Crippen molar-refractivity contribution in [2.24, 2.45) is 0 Å². The van der Waals surface area contributed by atoms with Crippen molar-refractivity contribution in [2.45, 2.75) is 33.2 Å². The summed E-state index contributed by atoms with van der Waals surface area (Å²) in [6.07, 6.45) is 0. The Bertz CT molecular complexity index is 1170. The average molecular weight is 473 g/mol. The molecule has 7 heteroatoms. The van der Waals surface area contributed by atoms with E-state index in [0.29, 0.717) is 23.4 Å². The fraction of sp³-hybridized carbons (Fsp3) is 0.250. The molecule has 3 aromatic rings. The molecule has 0 atom stereocenters. The van der Waals surface area contributed by atoms with E-state index in [0.717, 1.165) is 11.4 Å². The van der Waals surface area contributed by atoms with Crippen LogP contribution in [0.5, 0.6) is 0 Å². The molecule has 0 bridgehead atoms. The highest BCUT2D eigenvalue weighted by Crippen LogP contribution is 2.19. The van der Waals surface area contributed by atoms with Gasteiger partial charge in [-0.3, -0.25) is 14.4 Å². The van der Waals surface area contributed by atoms with Crippen molar-refractivity contribution in [1.82, 2.24) is 5.32 Å². The number of rotatable bonds is 8. The van der Waals surface area contributed by atoms with Crippen LogP contribution in [0.3, 0.4) is 0 Å². The van der Waals surface area contributed by atoms with Gasteiger partial charge in [0.15, 0.2) is 0 Å². The first kappa shape index (κ1) is 25.5. The fourth-order valence-electron chi connectivity index (χ4n) is 3.48. The monoisotopic (exact) mass is 472 g/mol. The van der Waals surface area contributed by atoms with Crippen LogP contribution < -0.4 is 20.9 Å². The number of amides is 3. The molecule has 0 unspecified atom stereocenters. The standard InChI is InChI=1S/C28H32N4O3/c1-5-32(24-12-7-6-8-13-24)27(35)21-10-9-11-23(18-21)30-25(33)19-29-22-16-14-20(15-17-22)26(34)31-28(2,3)4/h6-18,29H,5,19H2,1-4H3,(H,30,33)(H,31,34). The predicted octanol–water partition coefficient (Wildman–Crippen LogP) is 4.93. The zero-order chi connectivity index (χ0) is 25.4. The van der Waals surface area contributed by atoms with Gasteiger partial charge in [0.2, 0.25) is 5.91 Å². The molecule has 3 amide bonds. The van der Waals surface area contributed by atoms with E-state index in [9.17, 15) is 14.4 Å². The molecule has 3 aromatic carbocycles. The lowest BCUT2D eigenvalue weighted by Gasteiger charge is -2.21. The van der Waals surface area contributed by atoms with Gasteiger partial charge in [-0.15, -0.1) is 0 Å². The predicted molar refractivity (Wildman–Crippen MR) is 141 cm³/mol. The summed E-state index contributed by atoms with van der Waals surface area (Å²) in [6, 6.07) is 23.3. The van der Waals surface area contributed by atoms with E-state index >= 15 is 0 Å². The van der Waals surface area contributed by atoms with Crippen molar-refractivity contribution in [3.63, 3.8) is 0 Å². The Balaban J connectivity index is 1.57. The topological polar surface area (TPSA) is 90.5 Å². The number of carbonyl (C=O) groups excluding carboxylic acids is 3. The summed E-state index contributed by atoms with van der Waals surface area (Å²) in [7, 11) is 0. The Morgan fingerprint density at radius 2 is 1.49 bits per heavy atom. The molecule has 7 nitrogen and oxygen atoms in total. The van der Waals surface area contributed by atoms with Gasteiger partial charge in [0, 0.05) is 40.3 Å². The van der Waals surface area contributed by atoms with Crippen molar-refractivity contribution in [3.8, 4) is 0 Å². The second kappa shape index (κ2) is 11.3. The van der Waals surface area contributed by atoms with Gasteiger partial charge in [0.05, 0.1) is 6.54 Å². The number of hydrogen-bond donors (Lipinski definition) is 3. The number of nitrogens with one attached hydrogen (secondary N) is 3. The number of nitrogens with zero attached hydrogens (tertiary/aromatic N) is 1. The molecule has 0 aromatic heterocycles. The van der Waals surface area contributed by atoms with Crippen molar-refractivity contribution < 1.29 is 14.4 Å². The van der Waals surface area contributed by atoms with Gasteiger partial charge in [-0.25, -0.2) is 0 Å². The Kier molecular flexibility index (Phi) is 8.25. The van der Waals surface area contributed by atoms with Gasteiger partial charge in [-0.05, 0) is 82.3 Å². The van der Waals surface area contributed by atoms with Gasteiger partial charge >= 0.3 is 0 Å². The molecule has 0 heterocycles. The van der Waals surface area contributed by atoms with E-state index in [1.807, 2.05) is 58.0 Å². The second-order valence-corrected chi connectivity index (χ2v) is 9.15. The minimum absolute atomic E-state index is 0.0385. The highest BCUT2D eigenvalue weighted by atomic mass is 16.2. The van der Waals surface area contributed by atoms with Gasteiger partial charge in [-0.2, -0.15) is 0 Å². The molecule has 0 saturated carbocycles. The van der Waals surface area contributed by atoms with E-state index in [2.05, 4.69) is 16.0 Å². The maximum absolute atomic E-state index is 13.0. The number of benzene rings is 3. The molecule has 0 aliphatic rings. The van der Waals surface area contributed by atoms with Crippen molar-refractivity contribution in [3.05, 3.63) is 90.0 Å². The highest BCUT2D eigenvalue weighted by molar-refractivity contribution is 6.07. The van der Waals surface area contributed by atoms with E-state index in [-0.39, 0.29) is 29.8 Å². The van der Waals surface area contributed by atoms with Crippen LogP contribution in [0.2, 0.25) is 0 Å². The first-order valence-electron chi connectivity index (χ1n) is 11.6. The third kappa shape index (κ3) is 7.43. The van der Waals surface area contributed by atoms with E-state index < -0.39 is 0 Å². The summed E-state index contributed by atoms with van der Waals surface area (Å²) in [5.41, 5.74) is 2.81. The fourth-order valence-corrected chi connectivity index (χ4v) is 3.48. The maximum atomic E-state index is 13.0. The van der Waals surface area contributed by atoms with E-state index in [4.69, 9.17) is 0 Å². The van der Waals surface area contributed by atoms with E-state index in [1.165, 1.54) is 0 Å². The first-order chi connectivity index (χ1) is 16.7. The third-order valence-electron chi connectivity index (χ3n) is 5.11. The maximum Gasteiger partial charge on any atom is 0.258 e. The van der Waals surface area contributed by atoms with Crippen LogP contribution in [0.15, 0.2) is 78.9 Å². The Morgan fingerprint density at radius 3 is 2.11 bits per heavy atom. The van der Waals surface area contributed by atoms with Crippen molar-refractivity contribution in [1.29, 1.82) is 0 Å². The Morgan fingerprint density at radius 1 is 0.800 bits per heavy atom. The zero-order valence-electron chi connectivity index (χ0n) is 20.6. The summed E-state index contributed by atoms with van der Waals surface area (Å²) in [6.45, 7) is 8.26. The third-order valence-corrected chi connectivity index (χ3v) is 5.11. The molecular formula is C28H32N4O3. The molecule has 35 heavy (non-hydrogen) atoms. The summed E-state index contributed by atoms with van der Waals surface area (Å²) in [4.78, 5) is 39.5. The molecule has 0 fully saturated rings. The summed E-state index contributed by atoms with van der Waals surface area (Å²) in [5, 5.41) is 8.78. The lowest BCUT2D eigenvalue weighted by molar-refractivity contribution is -0.114. The van der Waals surface area contributed by atoms with Gasteiger partial charge in [0.1, 0.15) is 0 Å². The molecule has 182 valence electrons.